The summed E-state index contributed by atoms with van der Waals surface area (Å²) < 4.78 is 5.21. The van der Waals surface area contributed by atoms with Crippen LogP contribution in [0.4, 0.5) is 0 Å². The number of hydrogen-bond donors (Lipinski definition) is 0. The topological polar surface area (TPSA) is 29.5 Å². The highest BCUT2D eigenvalue weighted by atomic mass is 16.5. The second-order valence-corrected chi connectivity index (χ2v) is 3.68. The Balaban J connectivity index is 3.10. The van der Waals surface area contributed by atoms with Crippen molar-refractivity contribution >= 4 is 5.91 Å². The standard InChI is InChI=1S/C13H19NO2/c1-5-14(6-2)13(15)11-9-10(3)7-8-12(11)16-4/h7-9H,5-6H2,1-4H3. The van der Waals surface area contributed by atoms with Gasteiger partial charge in [0, 0.05) is 13.1 Å². The lowest BCUT2D eigenvalue weighted by molar-refractivity contribution is 0.0769. The van der Waals surface area contributed by atoms with E-state index in [1.54, 1.807) is 12.0 Å². The molecule has 1 aromatic rings. The number of amides is 1. The van der Waals surface area contributed by atoms with Crippen LogP contribution in [-0.4, -0.2) is 31.0 Å². The van der Waals surface area contributed by atoms with Gasteiger partial charge in [-0.2, -0.15) is 0 Å². The van der Waals surface area contributed by atoms with Gasteiger partial charge in [0.1, 0.15) is 5.75 Å². The maximum Gasteiger partial charge on any atom is 0.257 e. The van der Waals surface area contributed by atoms with Crippen molar-refractivity contribution in [2.75, 3.05) is 20.2 Å². The maximum absolute atomic E-state index is 12.2. The Morgan fingerprint density at radius 2 is 1.94 bits per heavy atom. The van der Waals surface area contributed by atoms with Crippen molar-refractivity contribution in [1.82, 2.24) is 4.90 Å². The number of methoxy groups -OCH3 is 1. The molecule has 0 fully saturated rings. The van der Waals surface area contributed by atoms with Crippen LogP contribution in [0.5, 0.6) is 5.75 Å². The average molecular weight is 221 g/mol. The van der Waals surface area contributed by atoms with Crippen LogP contribution in [0.1, 0.15) is 29.8 Å². The molecule has 0 saturated carbocycles. The Morgan fingerprint density at radius 1 is 1.31 bits per heavy atom. The van der Waals surface area contributed by atoms with E-state index in [4.69, 9.17) is 4.74 Å². The van der Waals surface area contributed by atoms with Crippen LogP contribution >= 0.6 is 0 Å². The zero-order valence-corrected chi connectivity index (χ0v) is 10.4. The van der Waals surface area contributed by atoms with Gasteiger partial charge >= 0.3 is 0 Å². The van der Waals surface area contributed by atoms with Gasteiger partial charge in [-0.1, -0.05) is 11.6 Å². The van der Waals surface area contributed by atoms with Crippen LogP contribution in [-0.2, 0) is 0 Å². The molecule has 0 radical (unpaired) electrons. The largest absolute Gasteiger partial charge is 0.496 e. The molecular formula is C13H19NO2. The van der Waals surface area contributed by atoms with Crippen molar-refractivity contribution in [1.29, 1.82) is 0 Å². The Hall–Kier alpha value is -1.51. The van der Waals surface area contributed by atoms with Crippen molar-refractivity contribution in [2.24, 2.45) is 0 Å². The lowest BCUT2D eigenvalue weighted by Gasteiger charge is -2.20. The summed E-state index contributed by atoms with van der Waals surface area (Å²) >= 11 is 0. The molecular weight excluding hydrogens is 202 g/mol. The van der Waals surface area contributed by atoms with Crippen LogP contribution in [0.15, 0.2) is 18.2 Å². The summed E-state index contributed by atoms with van der Waals surface area (Å²) in [7, 11) is 1.59. The van der Waals surface area contributed by atoms with Crippen LogP contribution in [0.2, 0.25) is 0 Å². The van der Waals surface area contributed by atoms with E-state index in [1.807, 2.05) is 39.0 Å². The lowest BCUT2D eigenvalue weighted by atomic mass is 10.1. The molecule has 0 aliphatic carbocycles. The van der Waals surface area contributed by atoms with Crippen molar-refractivity contribution in [3.05, 3.63) is 29.3 Å². The fourth-order valence-corrected chi connectivity index (χ4v) is 1.67. The summed E-state index contributed by atoms with van der Waals surface area (Å²) in [5.41, 5.74) is 1.71. The minimum atomic E-state index is 0.0329. The maximum atomic E-state index is 12.2. The molecule has 0 saturated heterocycles. The second-order valence-electron chi connectivity index (χ2n) is 3.68. The molecule has 0 atom stereocenters. The first-order valence-corrected chi connectivity index (χ1v) is 5.57. The van der Waals surface area contributed by atoms with Crippen molar-refractivity contribution in [3.8, 4) is 5.75 Å². The predicted octanol–water partition coefficient (Wildman–Crippen LogP) is 2.49. The monoisotopic (exact) mass is 221 g/mol. The van der Waals surface area contributed by atoms with E-state index >= 15 is 0 Å². The summed E-state index contributed by atoms with van der Waals surface area (Å²) in [4.78, 5) is 14.0. The Morgan fingerprint density at radius 3 is 2.44 bits per heavy atom. The molecule has 0 unspecified atom stereocenters. The summed E-state index contributed by atoms with van der Waals surface area (Å²) in [6.45, 7) is 7.35. The van der Waals surface area contributed by atoms with Gasteiger partial charge in [0.2, 0.25) is 0 Å². The molecule has 0 aliphatic rings. The molecule has 1 rings (SSSR count). The fourth-order valence-electron chi connectivity index (χ4n) is 1.67. The van der Waals surface area contributed by atoms with E-state index < -0.39 is 0 Å². The second kappa shape index (κ2) is 5.54. The highest BCUT2D eigenvalue weighted by molar-refractivity contribution is 5.97. The normalized spacial score (nSPS) is 10.0. The van der Waals surface area contributed by atoms with Crippen molar-refractivity contribution < 1.29 is 9.53 Å². The number of ether oxygens (including phenoxy) is 1. The third-order valence-corrected chi connectivity index (χ3v) is 2.64. The predicted molar refractivity (Wildman–Crippen MR) is 65.0 cm³/mol. The number of hydrogen-bond acceptors (Lipinski definition) is 2. The van der Waals surface area contributed by atoms with Gasteiger partial charge in [-0.25, -0.2) is 0 Å². The molecule has 0 heterocycles. The van der Waals surface area contributed by atoms with E-state index in [0.29, 0.717) is 24.4 Å². The number of rotatable bonds is 4. The molecule has 3 nitrogen and oxygen atoms in total. The van der Waals surface area contributed by atoms with Gasteiger partial charge in [0.15, 0.2) is 0 Å². The molecule has 0 N–H and O–H groups in total. The number of benzene rings is 1. The van der Waals surface area contributed by atoms with Gasteiger partial charge < -0.3 is 9.64 Å². The van der Waals surface area contributed by atoms with E-state index in [-0.39, 0.29) is 5.91 Å². The molecule has 1 amide bonds. The summed E-state index contributed by atoms with van der Waals surface area (Å²) in [6.07, 6.45) is 0. The van der Waals surface area contributed by atoms with Gasteiger partial charge in [0.05, 0.1) is 12.7 Å². The summed E-state index contributed by atoms with van der Waals surface area (Å²) in [5.74, 6) is 0.674. The first-order chi connectivity index (χ1) is 7.63. The highest BCUT2D eigenvalue weighted by Gasteiger charge is 2.16. The number of carbonyl (C=O) groups excluding carboxylic acids is 1. The minimum absolute atomic E-state index is 0.0329. The van der Waals surface area contributed by atoms with Crippen LogP contribution in [0, 0.1) is 6.92 Å². The lowest BCUT2D eigenvalue weighted by Crippen LogP contribution is -2.30. The summed E-state index contributed by atoms with van der Waals surface area (Å²) in [6, 6.07) is 5.66. The molecule has 0 spiro atoms. The molecule has 88 valence electrons. The van der Waals surface area contributed by atoms with E-state index in [2.05, 4.69) is 0 Å². The Labute approximate surface area is 97.0 Å². The van der Waals surface area contributed by atoms with Gasteiger partial charge in [-0.3, -0.25) is 4.79 Å². The van der Waals surface area contributed by atoms with Crippen LogP contribution < -0.4 is 4.74 Å². The Kier molecular flexibility index (Phi) is 4.35. The molecule has 1 aromatic carbocycles. The summed E-state index contributed by atoms with van der Waals surface area (Å²) in [5, 5.41) is 0. The quantitative estimate of drug-likeness (QED) is 0.781. The zero-order chi connectivity index (χ0) is 12.1. The zero-order valence-electron chi connectivity index (χ0n) is 10.4. The minimum Gasteiger partial charge on any atom is -0.496 e. The van der Waals surface area contributed by atoms with Crippen LogP contribution in [0.3, 0.4) is 0 Å². The molecule has 0 aromatic heterocycles. The third-order valence-electron chi connectivity index (χ3n) is 2.64. The van der Waals surface area contributed by atoms with Crippen molar-refractivity contribution in [2.45, 2.75) is 20.8 Å². The molecule has 0 bridgehead atoms. The first-order valence-electron chi connectivity index (χ1n) is 5.57. The van der Waals surface area contributed by atoms with E-state index in [9.17, 15) is 4.79 Å². The SMILES string of the molecule is CCN(CC)C(=O)c1cc(C)ccc1OC. The van der Waals surface area contributed by atoms with Gasteiger partial charge in [-0.05, 0) is 32.9 Å². The fraction of sp³-hybridized carbons (Fsp3) is 0.462. The first kappa shape index (κ1) is 12.6. The van der Waals surface area contributed by atoms with Gasteiger partial charge in [0.25, 0.3) is 5.91 Å². The number of carbonyl (C=O) groups is 1. The molecule has 0 aliphatic heterocycles. The Bertz CT molecular complexity index is 370. The third kappa shape index (κ3) is 2.54. The van der Waals surface area contributed by atoms with Crippen molar-refractivity contribution in [3.63, 3.8) is 0 Å². The molecule has 16 heavy (non-hydrogen) atoms. The highest BCUT2D eigenvalue weighted by Crippen LogP contribution is 2.21. The number of nitrogens with zero attached hydrogens (tertiary/aromatic N) is 1. The average Bonchev–Trinajstić information content (AvgIpc) is 2.30. The smallest absolute Gasteiger partial charge is 0.257 e. The van der Waals surface area contributed by atoms with E-state index in [0.717, 1.165) is 5.56 Å². The molecule has 3 heteroatoms. The van der Waals surface area contributed by atoms with Gasteiger partial charge in [-0.15, -0.1) is 0 Å². The van der Waals surface area contributed by atoms with E-state index in [1.165, 1.54) is 0 Å². The number of aryl methyl sites for hydroxylation is 1. The van der Waals surface area contributed by atoms with Crippen LogP contribution in [0.25, 0.3) is 0 Å².